The second-order valence-electron chi connectivity index (χ2n) is 5.20. The first-order valence-electron chi connectivity index (χ1n) is 5.95. The molecule has 0 aliphatic carbocycles. The highest BCUT2D eigenvalue weighted by molar-refractivity contribution is 7.91. The molecule has 0 spiro atoms. The lowest BCUT2D eigenvalue weighted by Crippen LogP contribution is -2.25. The summed E-state index contributed by atoms with van der Waals surface area (Å²) in [5, 5.41) is 0. The lowest BCUT2D eigenvalue weighted by molar-refractivity contribution is -0.154. The monoisotopic (exact) mass is 268 g/mol. The van der Waals surface area contributed by atoms with Crippen LogP contribution in [0.2, 0.25) is 0 Å². The Morgan fingerprint density at radius 2 is 2.06 bits per heavy atom. The minimum absolute atomic E-state index is 0.178. The second-order valence-corrected chi connectivity index (χ2v) is 6.77. The quantitative estimate of drug-likeness (QED) is 0.623. The summed E-state index contributed by atoms with van der Waals surface area (Å²) in [6.45, 7) is 7.42. The molecular weight excluding hydrogens is 248 g/mol. The standard InChI is InChI=1S/C14H20O3S/c1-11-6-5-7-12(10-11)18(16)9-8-13(15)17-14(2,3)4/h5-7,10H,8-9H2,1-4H3. The van der Waals surface area contributed by atoms with Crippen molar-refractivity contribution in [2.75, 3.05) is 5.75 Å². The van der Waals surface area contributed by atoms with Gasteiger partial charge >= 0.3 is 5.97 Å². The average Bonchev–Trinajstić information content (AvgIpc) is 2.23. The molecule has 1 aromatic rings. The molecule has 3 nitrogen and oxygen atoms in total. The number of aryl methyl sites for hydroxylation is 1. The van der Waals surface area contributed by atoms with Crippen LogP contribution in [0.1, 0.15) is 32.8 Å². The van der Waals surface area contributed by atoms with Crippen LogP contribution in [0.3, 0.4) is 0 Å². The number of hydrogen-bond donors (Lipinski definition) is 0. The minimum atomic E-state index is -1.14. The van der Waals surface area contributed by atoms with Crippen molar-refractivity contribution >= 4 is 17.1 Å². The van der Waals surface area contributed by atoms with Gasteiger partial charge in [-0.1, -0.05) is 12.1 Å². The van der Waals surface area contributed by atoms with E-state index in [1.165, 1.54) is 0 Å². The molecule has 0 saturated heterocycles. The largest absolute Gasteiger partial charge is 0.611 e. The maximum atomic E-state index is 12.0. The first-order valence-corrected chi connectivity index (χ1v) is 7.27. The first-order chi connectivity index (χ1) is 8.28. The Balaban J connectivity index is 2.46. The Kier molecular flexibility index (Phi) is 5.23. The number of carbonyl (C=O) groups excluding carboxylic acids is 1. The van der Waals surface area contributed by atoms with Crippen LogP contribution in [0, 0.1) is 6.92 Å². The molecule has 0 amide bonds. The molecule has 0 heterocycles. The van der Waals surface area contributed by atoms with Gasteiger partial charge in [-0.15, -0.1) is 0 Å². The zero-order valence-electron chi connectivity index (χ0n) is 11.4. The maximum Gasteiger partial charge on any atom is 0.311 e. The van der Waals surface area contributed by atoms with Crippen molar-refractivity contribution in [3.05, 3.63) is 29.8 Å². The Morgan fingerprint density at radius 1 is 1.39 bits per heavy atom. The van der Waals surface area contributed by atoms with Gasteiger partial charge in [0.25, 0.3) is 0 Å². The molecule has 0 saturated carbocycles. The van der Waals surface area contributed by atoms with Gasteiger partial charge in [0.15, 0.2) is 4.90 Å². The van der Waals surface area contributed by atoms with Crippen LogP contribution >= 0.6 is 0 Å². The third kappa shape index (κ3) is 5.56. The van der Waals surface area contributed by atoms with Gasteiger partial charge in [-0.3, -0.25) is 4.79 Å². The number of esters is 1. The van der Waals surface area contributed by atoms with Gasteiger partial charge in [-0.05, 0) is 56.6 Å². The summed E-state index contributed by atoms with van der Waals surface area (Å²) < 4.78 is 17.1. The van der Waals surface area contributed by atoms with Crippen LogP contribution in [-0.2, 0) is 20.7 Å². The fourth-order valence-corrected chi connectivity index (χ4v) is 2.58. The molecule has 1 atom stereocenters. The van der Waals surface area contributed by atoms with Gasteiger partial charge in [0.05, 0.1) is 6.42 Å². The van der Waals surface area contributed by atoms with Crippen LogP contribution in [-0.4, -0.2) is 21.9 Å². The van der Waals surface area contributed by atoms with Gasteiger partial charge in [-0.25, -0.2) is 0 Å². The van der Waals surface area contributed by atoms with E-state index in [9.17, 15) is 9.35 Å². The summed E-state index contributed by atoms with van der Waals surface area (Å²) in [5.41, 5.74) is 0.583. The molecule has 0 fully saturated rings. The number of carbonyl (C=O) groups is 1. The molecule has 0 aliphatic rings. The molecule has 1 aromatic carbocycles. The summed E-state index contributed by atoms with van der Waals surface area (Å²) in [7, 11) is 0. The van der Waals surface area contributed by atoms with E-state index in [2.05, 4.69) is 0 Å². The van der Waals surface area contributed by atoms with Crippen LogP contribution in [0.15, 0.2) is 29.2 Å². The molecule has 0 bridgehead atoms. The lowest BCUT2D eigenvalue weighted by Gasteiger charge is -2.19. The molecule has 0 radical (unpaired) electrons. The molecule has 0 aromatic heterocycles. The molecule has 0 N–H and O–H groups in total. The fourth-order valence-electron chi connectivity index (χ4n) is 1.44. The number of hydrogen-bond acceptors (Lipinski definition) is 3. The highest BCUT2D eigenvalue weighted by Gasteiger charge is 2.19. The molecule has 0 aliphatic heterocycles. The third-order valence-electron chi connectivity index (χ3n) is 2.16. The summed E-state index contributed by atoms with van der Waals surface area (Å²) in [6.07, 6.45) is 0.178. The van der Waals surface area contributed by atoms with E-state index >= 15 is 0 Å². The summed E-state index contributed by atoms with van der Waals surface area (Å²) in [4.78, 5) is 12.3. The number of benzene rings is 1. The smallest absolute Gasteiger partial charge is 0.311 e. The van der Waals surface area contributed by atoms with Crippen molar-refractivity contribution in [1.29, 1.82) is 0 Å². The van der Waals surface area contributed by atoms with Gasteiger partial charge in [0, 0.05) is 0 Å². The van der Waals surface area contributed by atoms with E-state index in [4.69, 9.17) is 4.74 Å². The summed E-state index contributed by atoms with van der Waals surface area (Å²) in [6, 6.07) is 7.52. The van der Waals surface area contributed by atoms with E-state index in [1.54, 1.807) is 0 Å². The second kappa shape index (κ2) is 6.25. The Hall–Kier alpha value is -1.00. The average molecular weight is 268 g/mol. The van der Waals surface area contributed by atoms with Crippen molar-refractivity contribution in [2.45, 2.75) is 44.6 Å². The Bertz CT molecular complexity index is 410. The van der Waals surface area contributed by atoms with E-state index in [0.717, 1.165) is 10.5 Å². The number of rotatable bonds is 4. The fraction of sp³-hybridized carbons (Fsp3) is 0.500. The minimum Gasteiger partial charge on any atom is -0.611 e. The highest BCUT2D eigenvalue weighted by atomic mass is 32.2. The molecule has 18 heavy (non-hydrogen) atoms. The van der Waals surface area contributed by atoms with Crippen LogP contribution < -0.4 is 0 Å². The summed E-state index contributed by atoms with van der Waals surface area (Å²) in [5.74, 6) is 0.00162. The first kappa shape index (κ1) is 15.1. The van der Waals surface area contributed by atoms with E-state index < -0.39 is 16.8 Å². The zero-order valence-corrected chi connectivity index (χ0v) is 12.2. The van der Waals surface area contributed by atoms with Crippen LogP contribution in [0.4, 0.5) is 0 Å². The van der Waals surface area contributed by atoms with Crippen molar-refractivity contribution in [3.63, 3.8) is 0 Å². The van der Waals surface area contributed by atoms with Gasteiger partial charge in [0.1, 0.15) is 11.4 Å². The topological polar surface area (TPSA) is 49.4 Å². The third-order valence-corrected chi connectivity index (χ3v) is 3.52. The zero-order chi connectivity index (χ0) is 13.8. The highest BCUT2D eigenvalue weighted by Crippen LogP contribution is 2.15. The van der Waals surface area contributed by atoms with E-state index in [-0.39, 0.29) is 12.4 Å². The van der Waals surface area contributed by atoms with Crippen LogP contribution in [0.25, 0.3) is 0 Å². The molecular formula is C14H20O3S. The van der Waals surface area contributed by atoms with Crippen molar-refractivity contribution < 1.29 is 14.1 Å². The predicted octanol–water partition coefficient (Wildman–Crippen LogP) is 2.83. The van der Waals surface area contributed by atoms with Gasteiger partial charge < -0.3 is 9.29 Å². The van der Waals surface area contributed by atoms with Crippen molar-refractivity contribution in [1.82, 2.24) is 0 Å². The Labute approximate surface area is 112 Å². The normalized spacial score (nSPS) is 13.2. The van der Waals surface area contributed by atoms with Crippen molar-refractivity contribution in [2.24, 2.45) is 0 Å². The number of ether oxygens (including phenoxy) is 1. The molecule has 1 unspecified atom stereocenters. The Morgan fingerprint density at radius 3 is 2.61 bits per heavy atom. The van der Waals surface area contributed by atoms with Gasteiger partial charge in [0.2, 0.25) is 0 Å². The maximum absolute atomic E-state index is 12.0. The molecule has 1 rings (SSSR count). The van der Waals surface area contributed by atoms with E-state index in [1.807, 2.05) is 52.0 Å². The van der Waals surface area contributed by atoms with Crippen LogP contribution in [0.5, 0.6) is 0 Å². The molecule has 4 heteroatoms. The lowest BCUT2D eigenvalue weighted by atomic mass is 10.2. The van der Waals surface area contributed by atoms with Gasteiger partial charge in [-0.2, -0.15) is 0 Å². The van der Waals surface area contributed by atoms with E-state index in [0.29, 0.717) is 5.75 Å². The molecule has 100 valence electrons. The van der Waals surface area contributed by atoms with Crippen molar-refractivity contribution in [3.8, 4) is 0 Å². The predicted molar refractivity (Wildman–Crippen MR) is 72.9 cm³/mol. The summed E-state index contributed by atoms with van der Waals surface area (Å²) >= 11 is -1.14. The SMILES string of the molecule is Cc1cccc([S+]([O-])CCC(=O)OC(C)(C)C)c1.